The van der Waals surface area contributed by atoms with Crippen LogP contribution in [0, 0.1) is 0 Å². The van der Waals surface area contributed by atoms with Crippen LogP contribution in [0.3, 0.4) is 0 Å². The third-order valence-electron chi connectivity index (χ3n) is 2.87. The van der Waals surface area contributed by atoms with Gasteiger partial charge in [-0.25, -0.2) is 9.97 Å². The zero-order valence-corrected chi connectivity index (χ0v) is 11.8. The average molecular weight is 285 g/mol. The first-order valence-electron chi connectivity index (χ1n) is 6.63. The van der Waals surface area contributed by atoms with Crippen molar-refractivity contribution in [2.75, 3.05) is 12.4 Å². The third-order valence-corrected chi connectivity index (χ3v) is 2.87. The molecular weight excluding hydrogens is 270 g/mol. The molecule has 0 bridgehead atoms. The van der Waals surface area contributed by atoms with Gasteiger partial charge >= 0.3 is 0 Å². The van der Waals surface area contributed by atoms with Crippen molar-refractivity contribution >= 4 is 5.95 Å². The van der Waals surface area contributed by atoms with E-state index in [0.29, 0.717) is 17.8 Å². The highest BCUT2D eigenvalue weighted by Gasteiger charge is 2.12. The van der Waals surface area contributed by atoms with E-state index in [1.54, 1.807) is 19.6 Å². The van der Waals surface area contributed by atoms with Crippen molar-refractivity contribution in [1.29, 1.82) is 0 Å². The zero-order chi connectivity index (χ0) is 14.7. The fourth-order valence-corrected chi connectivity index (χ4v) is 1.91. The molecule has 0 spiro atoms. The molecular formula is C12H15N9. The summed E-state index contributed by atoms with van der Waals surface area (Å²) in [4.78, 5) is 21.3. The fraction of sp³-hybridized carbons (Fsp3) is 0.333. The highest BCUT2D eigenvalue weighted by atomic mass is 15.4. The minimum absolute atomic E-state index is 0.401. The number of nitrogens with one attached hydrogen (secondary N) is 1. The van der Waals surface area contributed by atoms with Gasteiger partial charge in [0.05, 0.1) is 0 Å². The second-order valence-electron chi connectivity index (χ2n) is 4.31. The first-order chi connectivity index (χ1) is 10.3. The molecule has 0 radical (unpaired) electrons. The number of anilines is 1. The maximum Gasteiger partial charge on any atom is 0.258 e. The lowest BCUT2D eigenvalue weighted by Crippen LogP contribution is -2.12. The van der Waals surface area contributed by atoms with Gasteiger partial charge in [0.15, 0.2) is 0 Å². The second-order valence-corrected chi connectivity index (χ2v) is 4.31. The third kappa shape index (κ3) is 2.57. The number of hydrogen-bond donors (Lipinski definition) is 1. The molecule has 0 aliphatic carbocycles. The van der Waals surface area contributed by atoms with E-state index in [9.17, 15) is 0 Å². The van der Waals surface area contributed by atoms with E-state index in [1.807, 2.05) is 10.8 Å². The first kappa shape index (κ1) is 13.2. The van der Waals surface area contributed by atoms with Gasteiger partial charge in [-0.3, -0.25) is 4.57 Å². The molecule has 21 heavy (non-hydrogen) atoms. The van der Waals surface area contributed by atoms with Crippen LogP contribution < -0.4 is 5.32 Å². The Bertz CT molecular complexity index is 716. The van der Waals surface area contributed by atoms with Crippen molar-refractivity contribution in [3.63, 3.8) is 0 Å². The summed E-state index contributed by atoms with van der Waals surface area (Å²) in [5.41, 5.74) is 0. The van der Waals surface area contributed by atoms with Crippen molar-refractivity contribution in [3.05, 3.63) is 30.9 Å². The maximum atomic E-state index is 4.43. The van der Waals surface area contributed by atoms with Gasteiger partial charge in [-0.1, -0.05) is 6.92 Å². The lowest BCUT2D eigenvalue weighted by molar-refractivity contribution is 0.746. The summed E-state index contributed by atoms with van der Waals surface area (Å²) in [5.74, 6) is 2.27. The number of imidazole rings is 1. The summed E-state index contributed by atoms with van der Waals surface area (Å²) in [6.45, 7) is 2.10. The molecule has 0 saturated carbocycles. The Kier molecular flexibility index (Phi) is 3.54. The largest absolute Gasteiger partial charge is 0.357 e. The highest BCUT2D eigenvalue weighted by Crippen LogP contribution is 2.11. The zero-order valence-electron chi connectivity index (χ0n) is 11.8. The molecule has 3 aromatic rings. The highest BCUT2D eigenvalue weighted by molar-refractivity contribution is 5.32. The number of nitrogens with zero attached hydrogens (tertiary/aromatic N) is 8. The SMILES string of the molecule is CCCc1nccn1-c1nc(NC)nc(-n2cncn2)n1. The minimum atomic E-state index is 0.401. The van der Waals surface area contributed by atoms with Crippen molar-refractivity contribution in [3.8, 4) is 11.9 Å². The number of aromatic nitrogens is 8. The Balaban J connectivity index is 2.09. The molecule has 0 aromatic carbocycles. The first-order valence-corrected chi connectivity index (χ1v) is 6.63. The molecule has 0 saturated heterocycles. The van der Waals surface area contributed by atoms with Crippen molar-refractivity contribution in [1.82, 2.24) is 39.3 Å². The van der Waals surface area contributed by atoms with E-state index in [0.717, 1.165) is 18.7 Å². The molecule has 3 aromatic heterocycles. The van der Waals surface area contributed by atoms with Gasteiger partial charge in [0, 0.05) is 25.9 Å². The Morgan fingerprint density at radius 1 is 1.19 bits per heavy atom. The summed E-state index contributed by atoms with van der Waals surface area (Å²) >= 11 is 0. The maximum absolute atomic E-state index is 4.43. The lowest BCUT2D eigenvalue weighted by Gasteiger charge is -2.08. The molecule has 0 amide bonds. The van der Waals surface area contributed by atoms with Crippen molar-refractivity contribution in [2.45, 2.75) is 19.8 Å². The smallest absolute Gasteiger partial charge is 0.258 e. The molecule has 1 N–H and O–H groups in total. The summed E-state index contributed by atoms with van der Waals surface area (Å²) < 4.78 is 3.34. The standard InChI is InChI=1S/C12H15N9/c1-3-4-9-15-5-6-20(9)11-17-10(13-2)18-12(19-11)21-8-14-7-16-21/h5-8H,3-4H2,1-2H3,(H,13,17,18,19). The molecule has 9 heteroatoms. The van der Waals surface area contributed by atoms with Crippen molar-refractivity contribution in [2.24, 2.45) is 0 Å². The van der Waals surface area contributed by atoms with Gasteiger partial charge < -0.3 is 5.32 Å². The van der Waals surface area contributed by atoms with Crippen LogP contribution in [0.4, 0.5) is 5.95 Å². The quantitative estimate of drug-likeness (QED) is 0.734. The summed E-state index contributed by atoms with van der Waals surface area (Å²) in [6.07, 6.45) is 8.40. The van der Waals surface area contributed by atoms with E-state index < -0.39 is 0 Å². The van der Waals surface area contributed by atoms with Crippen LogP contribution in [0.5, 0.6) is 0 Å². The number of rotatable bonds is 5. The Morgan fingerprint density at radius 2 is 2.05 bits per heavy atom. The number of aryl methyl sites for hydroxylation is 1. The van der Waals surface area contributed by atoms with Crippen LogP contribution >= 0.6 is 0 Å². The number of hydrogen-bond acceptors (Lipinski definition) is 7. The molecule has 0 aliphatic heterocycles. The fourth-order valence-electron chi connectivity index (χ4n) is 1.91. The van der Waals surface area contributed by atoms with Gasteiger partial charge in [0.2, 0.25) is 11.9 Å². The Hall–Kier alpha value is -2.84. The molecule has 9 nitrogen and oxygen atoms in total. The molecule has 3 heterocycles. The monoisotopic (exact) mass is 285 g/mol. The lowest BCUT2D eigenvalue weighted by atomic mass is 10.3. The van der Waals surface area contributed by atoms with E-state index >= 15 is 0 Å². The van der Waals surface area contributed by atoms with Crippen LogP contribution in [-0.2, 0) is 6.42 Å². The van der Waals surface area contributed by atoms with Crippen LogP contribution in [0.15, 0.2) is 25.0 Å². The summed E-state index contributed by atoms with van der Waals surface area (Å²) in [5, 5.41) is 6.97. The minimum Gasteiger partial charge on any atom is -0.357 e. The van der Waals surface area contributed by atoms with E-state index in [4.69, 9.17) is 0 Å². The van der Waals surface area contributed by atoms with E-state index in [1.165, 1.54) is 11.0 Å². The average Bonchev–Trinajstić information content (AvgIpc) is 3.18. The predicted octanol–water partition coefficient (Wildman–Crippen LogP) is 0.632. The molecule has 0 unspecified atom stereocenters. The van der Waals surface area contributed by atoms with Gasteiger partial charge in [0.25, 0.3) is 5.95 Å². The van der Waals surface area contributed by atoms with Crippen LogP contribution in [-0.4, -0.2) is 46.3 Å². The summed E-state index contributed by atoms with van der Waals surface area (Å²) in [6, 6.07) is 0. The van der Waals surface area contributed by atoms with Crippen LogP contribution in [0.25, 0.3) is 11.9 Å². The van der Waals surface area contributed by atoms with Gasteiger partial charge in [-0.2, -0.15) is 24.7 Å². The van der Waals surface area contributed by atoms with E-state index in [2.05, 4.69) is 42.3 Å². The van der Waals surface area contributed by atoms with Gasteiger partial charge in [-0.15, -0.1) is 0 Å². The van der Waals surface area contributed by atoms with E-state index in [-0.39, 0.29) is 0 Å². The second kappa shape index (κ2) is 5.65. The normalized spacial score (nSPS) is 10.8. The van der Waals surface area contributed by atoms with Crippen LogP contribution in [0.1, 0.15) is 19.2 Å². The Morgan fingerprint density at radius 3 is 2.76 bits per heavy atom. The molecule has 108 valence electrons. The molecule has 0 fully saturated rings. The van der Waals surface area contributed by atoms with Gasteiger partial charge in [0.1, 0.15) is 18.5 Å². The molecule has 3 rings (SSSR count). The topological polar surface area (TPSA) is 99.2 Å². The Labute approximate surface area is 121 Å². The van der Waals surface area contributed by atoms with Crippen LogP contribution in [0.2, 0.25) is 0 Å². The van der Waals surface area contributed by atoms with Crippen molar-refractivity contribution < 1.29 is 0 Å². The summed E-state index contributed by atoms with van der Waals surface area (Å²) in [7, 11) is 1.76. The molecule has 0 atom stereocenters. The predicted molar refractivity (Wildman–Crippen MR) is 75.4 cm³/mol. The molecule has 0 aliphatic rings. The van der Waals surface area contributed by atoms with Gasteiger partial charge in [-0.05, 0) is 6.42 Å².